The summed E-state index contributed by atoms with van der Waals surface area (Å²) in [6, 6.07) is 5.46. The largest absolute Gasteiger partial charge is 0.330 e. The van der Waals surface area contributed by atoms with Crippen molar-refractivity contribution >= 4 is 35.6 Å². The van der Waals surface area contributed by atoms with E-state index in [1.165, 1.54) is 0 Å². The van der Waals surface area contributed by atoms with Crippen molar-refractivity contribution in [2.24, 2.45) is 5.73 Å². The lowest BCUT2D eigenvalue weighted by atomic mass is 10.1. The van der Waals surface area contributed by atoms with Crippen LogP contribution in [0.2, 0.25) is 10.0 Å². The molecule has 1 rings (SSSR count). The number of benzene rings is 1. The van der Waals surface area contributed by atoms with Crippen LogP contribution >= 0.6 is 35.6 Å². The summed E-state index contributed by atoms with van der Waals surface area (Å²) in [4.78, 5) is 0. The van der Waals surface area contributed by atoms with Gasteiger partial charge in [-0.2, -0.15) is 0 Å². The van der Waals surface area contributed by atoms with Crippen LogP contribution in [0.5, 0.6) is 0 Å². The Labute approximate surface area is 88.3 Å². The summed E-state index contributed by atoms with van der Waals surface area (Å²) in [6.45, 7) is 0.622. The molecule has 1 aromatic carbocycles. The van der Waals surface area contributed by atoms with Gasteiger partial charge in [0.25, 0.3) is 0 Å². The van der Waals surface area contributed by atoms with Gasteiger partial charge in [0, 0.05) is 10.0 Å². The second-order valence-electron chi connectivity index (χ2n) is 2.32. The first-order valence-electron chi connectivity index (χ1n) is 3.37. The second-order valence-corrected chi connectivity index (χ2v) is 3.19. The summed E-state index contributed by atoms with van der Waals surface area (Å²) < 4.78 is 0. The molecule has 0 saturated heterocycles. The molecule has 68 valence electrons. The van der Waals surface area contributed by atoms with E-state index in [1.807, 2.05) is 12.1 Å². The van der Waals surface area contributed by atoms with Crippen LogP contribution in [-0.4, -0.2) is 6.54 Å². The quantitative estimate of drug-likeness (QED) is 0.824. The summed E-state index contributed by atoms with van der Waals surface area (Å²) in [7, 11) is 0. The maximum absolute atomic E-state index is 5.76. The van der Waals surface area contributed by atoms with Gasteiger partial charge in [0.05, 0.1) is 0 Å². The SMILES string of the molecule is Cl.NCCc1cc(Cl)cc(Cl)c1. The van der Waals surface area contributed by atoms with Crippen LogP contribution in [0.25, 0.3) is 0 Å². The van der Waals surface area contributed by atoms with E-state index in [2.05, 4.69) is 0 Å². The fourth-order valence-electron chi connectivity index (χ4n) is 0.922. The first-order valence-corrected chi connectivity index (χ1v) is 4.13. The molecular weight excluding hydrogens is 216 g/mol. The third-order valence-electron chi connectivity index (χ3n) is 1.36. The summed E-state index contributed by atoms with van der Waals surface area (Å²) >= 11 is 11.5. The Morgan fingerprint density at radius 2 is 1.58 bits per heavy atom. The van der Waals surface area contributed by atoms with Gasteiger partial charge in [-0.1, -0.05) is 23.2 Å². The zero-order chi connectivity index (χ0) is 8.27. The van der Waals surface area contributed by atoms with Crippen LogP contribution in [0.1, 0.15) is 5.56 Å². The Balaban J connectivity index is 0.00000121. The summed E-state index contributed by atoms with van der Waals surface area (Å²) in [5.74, 6) is 0. The molecule has 2 N–H and O–H groups in total. The zero-order valence-electron chi connectivity index (χ0n) is 6.39. The van der Waals surface area contributed by atoms with Gasteiger partial charge in [-0.15, -0.1) is 12.4 Å². The predicted octanol–water partition coefficient (Wildman–Crippen LogP) is 2.92. The number of nitrogens with two attached hydrogens (primary N) is 1. The van der Waals surface area contributed by atoms with Crippen molar-refractivity contribution in [2.75, 3.05) is 6.54 Å². The smallest absolute Gasteiger partial charge is 0.0423 e. The molecule has 0 aliphatic heterocycles. The first-order chi connectivity index (χ1) is 5.22. The third kappa shape index (κ3) is 3.63. The van der Waals surface area contributed by atoms with Crippen LogP contribution in [0.4, 0.5) is 0 Å². The molecule has 0 spiro atoms. The Bertz CT molecular complexity index is 230. The van der Waals surface area contributed by atoms with Gasteiger partial charge < -0.3 is 5.73 Å². The van der Waals surface area contributed by atoms with E-state index in [0.717, 1.165) is 12.0 Å². The van der Waals surface area contributed by atoms with Crippen LogP contribution in [0.15, 0.2) is 18.2 Å². The number of hydrogen-bond acceptors (Lipinski definition) is 1. The average Bonchev–Trinajstić information content (AvgIpc) is 1.85. The highest BCUT2D eigenvalue weighted by Crippen LogP contribution is 2.18. The molecule has 12 heavy (non-hydrogen) atoms. The maximum Gasteiger partial charge on any atom is 0.0423 e. The van der Waals surface area contributed by atoms with Gasteiger partial charge >= 0.3 is 0 Å². The molecule has 0 amide bonds. The standard InChI is InChI=1S/C8H9Cl2N.ClH/c9-7-3-6(1-2-11)4-8(10)5-7;/h3-5H,1-2,11H2;1H. The second kappa shape index (κ2) is 5.65. The zero-order valence-corrected chi connectivity index (χ0v) is 8.72. The van der Waals surface area contributed by atoms with Gasteiger partial charge in [-0.05, 0) is 36.7 Å². The van der Waals surface area contributed by atoms with Crippen molar-refractivity contribution in [3.05, 3.63) is 33.8 Å². The van der Waals surface area contributed by atoms with Crippen LogP contribution < -0.4 is 5.73 Å². The molecule has 0 saturated carbocycles. The lowest BCUT2D eigenvalue weighted by molar-refractivity contribution is 0.969. The monoisotopic (exact) mass is 225 g/mol. The van der Waals surface area contributed by atoms with E-state index in [-0.39, 0.29) is 12.4 Å². The van der Waals surface area contributed by atoms with Crippen LogP contribution in [-0.2, 0) is 6.42 Å². The Kier molecular flexibility index (Phi) is 5.68. The van der Waals surface area contributed by atoms with Crippen molar-refractivity contribution in [2.45, 2.75) is 6.42 Å². The van der Waals surface area contributed by atoms with Gasteiger partial charge in [0.1, 0.15) is 0 Å². The molecule has 0 heterocycles. The van der Waals surface area contributed by atoms with Gasteiger partial charge in [0.2, 0.25) is 0 Å². The molecule has 4 heteroatoms. The van der Waals surface area contributed by atoms with Crippen LogP contribution in [0.3, 0.4) is 0 Å². The van der Waals surface area contributed by atoms with E-state index < -0.39 is 0 Å². The molecule has 0 bridgehead atoms. The third-order valence-corrected chi connectivity index (χ3v) is 1.79. The lowest BCUT2D eigenvalue weighted by Gasteiger charge is -1.99. The molecule has 0 unspecified atom stereocenters. The molecule has 0 aromatic heterocycles. The minimum atomic E-state index is 0. The molecule has 0 aliphatic carbocycles. The van der Waals surface area contributed by atoms with Crippen molar-refractivity contribution in [3.63, 3.8) is 0 Å². The molecule has 0 fully saturated rings. The normalized spacial score (nSPS) is 9.25. The van der Waals surface area contributed by atoms with Crippen molar-refractivity contribution < 1.29 is 0 Å². The highest BCUT2D eigenvalue weighted by molar-refractivity contribution is 6.34. The summed E-state index contributed by atoms with van der Waals surface area (Å²) in [5, 5.41) is 1.34. The lowest BCUT2D eigenvalue weighted by Crippen LogP contribution is -2.02. The Morgan fingerprint density at radius 3 is 2.00 bits per heavy atom. The predicted molar refractivity (Wildman–Crippen MR) is 56.5 cm³/mol. The maximum atomic E-state index is 5.76. The van der Waals surface area contributed by atoms with E-state index in [1.54, 1.807) is 6.07 Å². The number of halogens is 3. The average molecular weight is 227 g/mol. The van der Waals surface area contributed by atoms with Crippen LogP contribution in [0, 0.1) is 0 Å². The fourth-order valence-corrected chi connectivity index (χ4v) is 1.49. The van der Waals surface area contributed by atoms with Gasteiger partial charge in [-0.3, -0.25) is 0 Å². The Morgan fingerprint density at radius 1 is 1.08 bits per heavy atom. The molecule has 0 radical (unpaired) electrons. The molecular formula is C8H10Cl3N. The van der Waals surface area contributed by atoms with Crippen molar-refractivity contribution in [1.29, 1.82) is 0 Å². The minimum Gasteiger partial charge on any atom is -0.330 e. The highest BCUT2D eigenvalue weighted by Gasteiger charge is 1.96. The van der Waals surface area contributed by atoms with Gasteiger partial charge in [-0.25, -0.2) is 0 Å². The fraction of sp³-hybridized carbons (Fsp3) is 0.250. The van der Waals surface area contributed by atoms with Crippen molar-refractivity contribution in [1.82, 2.24) is 0 Å². The molecule has 1 aromatic rings. The highest BCUT2D eigenvalue weighted by atomic mass is 35.5. The summed E-state index contributed by atoms with van der Waals surface area (Å²) in [5.41, 5.74) is 6.46. The summed E-state index contributed by atoms with van der Waals surface area (Å²) in [6.07, 6.45) is 0.820. The van der Waals surface area contributed by atoms with Gasteiger partial charge in [0.15, 0.2) is 0 Å². The first kappa shape index (κ1) is 12.0. The van der Waals surface area contributed by atoms with Crippen molar-refractivity contribution in [3.8, 4) is 0 Å². The van der Waals surface area contributed by atoms with E-state index in [0.29, 0.717) is 16.6 Å². The molecule has 0 atom stereocenters. The number of hydrogen-bond donors (Lipinski definition) is 1. The topological polar surface area (TPSA) is 26.0 Å². The van der Waals surface area contributed by atoms with E-state index in [9.17, 15) is 0 Å². The minimum absolute atomic E-state index is 0. The number of rotatable bonds is 2. The van der Waals surface area contributed by atoms with E-state index in [4.69, 9.17) is 28.9 Å². The molecule has 1 nitrogen and oxygen atoms in total. The van der Waals surface area contributed by atoms with E-state index >= 15 is 0 Å². The molecule has 0 aliphatic rings. The Hall–Kier alpha value is 0.0500.